The van der Waals surface area contributed by atoms with Crippen LogP contribution in [0.25, 0.3) is 10.8 Å². The first-order valence-electron chi connectivity index (χ1n) is 8.37. The van der Waals surface area contributed by atoms with Crippen LogP contribution in [0.3, 0.4) is 0 Å². The van der Waals surface area contributed by atoms with E-state index in [9.17, 15) is 4.79 Å². The Labute approximate surface area is 137 Å². The molecule has 0 aliphatic carbocycles. The van der Waals surface area contributed by atoms with E-state index in [1.54, 1.807) is 11.9 Å². The molecule has 0 spiro atoms. The number of hydrogen-bond acceptors (Lipinski definition) is 4. The zero-order valence-electron chi connectivity index (χ0n) is 14.1. The molecule has 1 fully saturated rings. The molecule has 3 rings (SSSR count). The summed E-state index contributed by atoms with van der Waals surface area (Å²) in [4.78, 5) is 16.5. The second-order valence-corrected chi connectivity index (χ2v) is 6.41. The lowest BCUT2D eigenvalue weighted by Gasteiger charge is -2.31. The molecule has 1 aliphatic heterocycles. The van der Waals surface area contributed by atoms with Crippen LogP contribution in [-0.2, 0) is 0 Å². The first kappa shape index (κ1) is 15.7. The third-order valence-corrected chi connectivity index (χ3v) is 4.77. The third-order valence-electron chi connectivity index (χ3n) is 4.77. The number of anilines is 1. The fourth-order valence-electron chi connectivity index (χ4n) is 3.03. The van der Waals surface area contributed by atoms with Crippen molar-refractivity contribution < 1.29 is 4.79 Å². The van der Waals surface area contributed by atoms with E-state index in [2.05, 4.69) is 22.0 Å². The molecule has 0 atom stereocenters. The highest BCUT2D eigenvalue weighted by Gasteiger charge is 2.22. The van der Waals surface area contributed by atoms with E-state index in [4.69, 9.17) is 0 Å². The van der Waals surface area contributed by atoms with Gasteiger partial charge in [0, 0.05) is 37.5 Å². The Balaban J connectivity index is 2.04. The van der Waals surface area contributed by atoms with E-state index in [0.29, 0.717) is 12.2 Å². The first-order chi connectivity index (χ1) is 11.1. The Hall–Kier alpha value is -2.17. The molecule has 5 heteroatoms. The van der Waals surface area contributed by atoms with Crippen LogP contribution in [-0.4, -0.2) is 47.7 Å². The van der Waals surface area contributed by atoms with Crippen LogP contribution in [0.5, 0.6) is 0 Å². The average Bonchev–Trinajstić information content (AvgIpc) is 2.60. The van der Waals surface area contributed by atoms with Gasteiger partial charge >= 0.3 is 0 Å². The third kappa shape index (κ3) is 3.00. The monoisotopic (exact) mass is 312 g/mol. The largest absolute Gasteiger partial charge is 0.355 e. The van der Waals surface area contributed by atoms with Crippen LogP contribution in [0.1, 0.15) is 37.2 Å². The van der Waals surface area contributed by atoms with Gasteiger partial charge < -0.3 is 9.80 Å². The molecule has 23 heavy (non-hydrogen) atoms. The highest BCUT2D eigenvalue weighted by atomic mass is 16.2. The molecule has 5 nitrogen and oxygen atoms in total. The minimum absolute atomic E-state index is 0.0741. The fraction of sp³-hybridized carbons (Fsp3) is 0.500. The molecule has 1 aliphatic rings. The summed E-state index contributed by atoms with van der Waals surface area (Å²) in [6, 6.07) is 7.96. The van der Waals surface area contributed by atoms with Gasteiger partial charge in [-0.3, -0.25) is 4.79 Å². The minimum Gasteiger partial charge on any atom is -0.355 e. The maximum absolute atomic E-state index is 12.5. The lowest BCUT2D eigenvalue weighted by Crippen LogP contribution is -2.34. The van der Waals surface area contributed by atoms with Crippen LogP contribution >= 0.6 is 0 Å². The average molecular weight is 312 g/mol. The zero-order valence-corrected chi connectivity index (χ0v) is 14.1. The number of hydrogen-bond donors (Lipinski definition) is 0. The summed E-state index contributed by atoms with van der Waals surface area (Å²) >= 11 is 0. The van der Waals surface area contributed by atoms with Gasteiger partial charge in [0.15, 0.2) is 11.5 Å². The van der Waals surface area contributed by atoms with Crippen molar-refractivity contribution in [3.8, 4) is 0 Å². The molecule has 2 heterocycles. The summed E-state index contributed by atoms with van der Waals surface area (Å²) in [7, 11) is 1.79. The molecule has 0 saturated carbocycles. The predicted octanol–water partition coefficient (Wildman–Crippen LogP) is 2.96. The number of fused-ring (bicyclic) bond motifs is 1. The number of rotatable bonds is 3. The fourth-order valence-corrected chi connectivity index (χ4v) is 3.03. The van der Waals surface area contributed by atoms with Crippen LogP contribution in [0.2, 0.25) is 0 Å². The van der Waals surface area contributed by atoms with Crippen LogP contribution in [0, 0.1) is 5.92 Å². The quantitative estimate of drug-likeness (QED) is 0.874. The molecule has 1 aromatic carbocycles. The number of carbonyl (C=O) groups is 1. The van der Waals surface area contributed by atoms with Crippen molar-refractivity contribution in [2.45, 2.75) is 26.7 Å². The minimum atomic E-state index is -0.0741. The Morgan fingerprint density at radius 2 is 1.87 bits per heavy atom. The van der Waals surface area contributed by atoms with Gasteiger partial charge in [0.2, 0.25) is 0 Å². The standard InChI is InChI=1S/C18H24N4O/c1-4-21(3)18(23)16-14-7-5-6-8-15(14)17(20-19-16)22-11-9-13(2)10-12-22/h5-8,13H,4,9-12H2,1-3H3. The van der Waals surface area contributed by atoms with E-state index >= 15 is 0 Å². The second-order valence-electron chi connectivity index (χ2n) is 6.41. The van der Waals surface area contributed by atoms with E-state index in [1.807, 2.05) is 31.2 Å². The summed E-state index contributed by atoms with van der Waals surface area (Å²) in [5.74, 6) is 1.60. The van der Waals surface area contributed by atoms with E-state index in [-0.39, 0.29) is 5.91 Å². The molecule has 1 saturated heterocycles. The lowest BCUT2D eigenvalue weighted by atomic mass is 9.99. The number of benzene rings is 1. The summed E-state index contributed by atoms with van der Waals surface area (Å²) < 4.78 is 0. The molecular weight excluding hydrogens is 288 g/mol. The Morgan fingerprint density at radius 3 is 2.52 bits per heavy atom. The van der Waals surface area contributed by atoms with Crippen LogP contribution < -0.4 is 4.90 Å². The van der Waals surface area contributed by atoms with Gasteiger partial charge in [0.05, 0.1) is 0 Å². The van der Waals surface area contributed by atoms with E-state index < -0.39 is 0 Å². The van der Waals surface area contributed by atoms with Gasteiger partial charge in [-0.15, -0.1) is 10.2 Å². The molecule has 1 aromatic heterocycles. The van der Waals surface area contributed by atoms with Crippen molar-refractivity contribution in [3.05, 3.63) is 30.0 Å². The highest BCUT2D eigenvalue weighted by Crippen LogP contribution is 2.29. The van der Waals surface area contributed by atoms with Gasteiger partial charge in [0.25, 0.3) is 5.91 Å². The van der Waals surface area contributed by atoms with Gasteiger partial charge in [-0.05, 0) is 25.7 Å². The molecule has 0 radical (unpaired) electrons. The topological polar surface area (TPSA) is 49.3 Å². The number of aromatic nitrogens is 2. The summed E-state index contributed by atoms with van der Waals surface area (Å²) in [6.45, 7) is 6.91. The van der Waals surface area contributed by atoms with E-state index in [0.717, 1.165) is 35.6 Å². The summed E-state index contributed by atoms with van der Waals surface area (Å²) in [5.41, 5.74) is 0.444. The number of carbonyl (C=O) groups excluding carboxylic acids is 1. The normalized spacial score (nSPS) is 15.9. The predicted molar refractivity (Wildman–Crippen MR) is 92.8 cm³/mol. The van der Waals surface area contributed by atoms with Crippen molar-refractivity contribution in [3.63, 3.8) is 0 Å². The van der Waals surface area contributed by atoms with Gasteiger partial charge in [-0.25, -0.2) is 0 Å². The van der Waals surface area contributed by atoms with Crippen LogP contribution in [0.15, 0.2) is 24.3 Å². The molecule has 1 amide bonds. The van der Waals surface area contributed by atoms with Crippen molar-refractivity contribution in [1.82, 2.24) is 15.1 Å². The Kier molecular flexibility index (Phi) is 4.46. The van der Waals surface area contributed by atoms with Gasteiger partial charge in [0.1, 0.15) is 0 Å². The first-order valence-corrected chi connectivity index (χ1v) is 8.37. The lowest BCUT2D eigenvalue weighted by molar-refractivity contribution is 0.0798. The summed E-state index contributed by atoms with van der Waals surface area (Å²) in [5, 5.41) is 10.6. The molecule has 2 aromatic rings. The van der Waals surface area contributed by atoms with Gasteiger partial charge in [-0.2, -0.15) is 0 Å². The second kappa shape index (κ2) is 6.52. The molecule has 0 N–H and O–H groups in total. The SMILES string of the molecule is CCN(C)C(=O)c1nnc(N2CCC(C)CC2)c2ccccc12. The van der Waals surface area contributed by atoms with Crippen molar-refractivity contribution >= 4 is 22.5 Å². The number of nitrogens with zero attached hydrogens (tertiary/aromatic N) is 4. The highest BCUT2D eigenvalue weighted by molar-refractivity contribution is 6.07. The maximum atomic E-state index is 12.5. The van der Waals surface area contributed by atoms with Crippen molar-refractivity contribution in [2.75, 3.05) is 31.6 Å². The van der Waals surface area contributed by atoms with E-state index in [1.165, 1.54) is 12.8 Å². The van der Waals surface area contributed by atoms with Crippen molar-refractivity contribution in [2.24, 2.45) is 5.92 Å². The number of piperidine rings is 1. The number of amides is 1. The van der Waals surface area contributed by atoms with Crippen LogP contribution in [0.4, 0.5) is 5.82 Å². The maximum Gasteiger partial charge on any atom is 0.274 e. The van der Waals surface area contributed by atoms with Crippen molar-refractivity contribution in [1.29, 1.82) is 0 Å². The molecule has 122 valence electrons. The zero-order chi connectivity index (χ0) is 16.4. The van der Waals surface area contributed by atoms with Gasteiger partial charge in [-0.1, -0.05) is 31.2 Å². The summed E-state index contributed by atoms with van der Waals surface area (Å²) in [6.07, 6.45) is 2.35. The molecule has 0 unspecified atom stereocenters. The molecule has 0 bridgehead atoms. The Bertz CT molecular complexity index is 707. The Morgan fingerprint density at radius 1 is 1.22 bits per heavy atom. The molecular formula is C18H24N4O. The smallest absolute Gasteiger partial charge is 0.274 e.